The highest BCUT2D eigenvalue weighted by Gasteiger charge is 2.08. The molecule has 110 valence electrons. The molecule has 0 aliphatic rings. The van der Waals surface area contributed by atoms with E-state index < -0.39 is 0 Å². The predicted molar refractivity (Wildman–Crippen MR) is 86.7 cm³/mol. The van der Waals surface area contributed by atoms with E-state index in [2.05, 4.69) is 10.4 Å². The summed E-state index contributed by atoms with van der Waals surface area (Å²) in [7, 11) is 0. The molecule has 2 rings (SSSR count). The minimum absolute atomic E-state index is 0.164. The summed E-state index contributed by atoms with van der Waals surface area (Å²) in [4.78, 5) is 12.0. The molecule has 0 spiro atoms. The Hall–Kier alpha value is -1.78. The molecule has 0 atom stereocenters. The molecule has 1 amide bonds. The molecule has 6 heteroatoms. The number of amides is 1. The Labute approximate surface area is 133 Å². The number of benzene rings is 1. The molecule has 0 fully saturated rings. The molecule has 1 N–H and O–H groups in total. The average Bonchev–Trinajstić information content (AvgIpc) is 2.86. The zero-order valence-corrected chi connectivity index (χ0v) is 13.2. The Morgan fingerprint density at radius 2 is 1.95 bits per heavy atom. The van der Waals surface area contributed by atoms with Crippen molar-refractivity contribution in [3.05, 3.63) is 52.1 Å². The van der Waals surface area contributed by atoms with Crippen molar-refractivity contribution in [1.29, 1.82) is 0 Å². The Morgan fingerprint density at radius 1 is 1.29 bits per heavy atom. The highest BCUT2D eigenvalue weighted by atomic mass is 35.5. The topological polar surface area (TPSA) is 46.9 Å². The number of hydrogen-bond donors (Lipinski definition) is 1. The van der Waals surface area contributed by atoms with E-state index in [9.17, 15) is 4.79 Å². The maximum Gasteiger partial charge on any atom is 0.249 e. The largest absolute Gasteiger partial charge is 0.307 e. The second-order valence-corrected chi connectivity index (χ2v) is 5.53. The maximum absolute atomic E-state index is 12.0. The molecule has 0 aliphatic carbocycles. The molecular formula is C15H15Cl2N3O. The summed E-state index contributed by atoms with van der Waals surface area (Å²) in [5, 5.41) is 7.92. The third-order valence-electron chi connectivity index (χ3n) is 2.81. The van der Waals surface area contributed by atoms with E-state index in [0.717, 1.165) is 0 Å². The van der Waals surface area contributed by atoms with Gasteiger partial charge in [-0.05, 0) is 32.1 Å². The molecule has 0 aliphatic heterocycles. The van der Waals surface area contributed by atoms with Crippen molar-refractivity contribution in [2.75, 3.05) is 5.32 Å². The second kappa shape index (κ2) is 6.78. The van der Waals surface area contributed by atoms with Gasteiger partial charge in [-0.3, -0.25) is 4.79 Å². The van der Waals surface area contributed by atoms with Crippen molar-refractivity contribution in [2.45, 2.75) is 19.9 Å². The normalized spacial score (nSPS) is 11.3. The van der Waals surface area contributed by atoms with Crippen LogP contribution in [0.5, 0.6) is 0 Å². The van der Waals surface area contributed by atoms with Gasteiger partial charge in [0.2, 0.25) is 5.91 Å². The van der Waals surface area contributed by atoms with E-state index in [0.29, 0.717) is 21.4 Å². The highest BCUT2D eigenvalue weighted by molar-refractivity contribution is 6.37. The average molecular weight is 324 g/mol. The number of hydrogen-bond acceptors (Lipinski definition) is 2. The zero-order valence-electron chi connectivity index (χ0n) is 11.7. The molecule has 2 aromatic rings. The summed E-state index contributed by atoms with van der Waals surface area (Å²) in [5.74, 6) is 0.373. The first-order chi connectivity index (χ1) is 9.99. The molecule has 4 nitrogen and oxygen atoms in total. The molecule has 21 heavy (non-hydrogen) atoms. The Kier molecular flexibility index (Phi) is 5.04. The van der Waals surface area contributed by atoms with Crippen LogP contribution in [0.2, 0.25) is 10.0 Å². The van der Waals surface area contributed by atoms with Gasteiger partial charge < -0.3 is 5.32 Å². The standard InChI is InChI=1S/C15H15Cl2N3O/c1-10(2)20-14(8-9-18-20)19-15(21)7-6-11-12(16)4-3-5-13(11)17/h3-10H,1-2H3,(H,19,21)/b7-6+. The van der Waals surface area contributed by atoms with Crippen molar-refractivity contribution >= 4 is 41.0 Å². The van der Waals surface area contributed by atoms with Crippen LogP contribution < -0.4 is 5.32 Å². The van der Waals surface area contributed by atoms with E-state index in [1.54, 1.807) is 41.2 Å². The van der Waals surface area contributed by atoms with Gasteiger partial charge in [-0.2, -0.15) is 5.10 Å². The number of anilines is 1. The van der Waals surface area contributed by atoms with E-state index in [1.165, 1.54) is 6.08 Å². The minimum Gasteiger partial charge on any atom is -0.307 e. The molecule has 1 aromatic carbocycles. The van der Waals surface area contributed by atoms with Crippen LogP contribution in [0.4, 0.5) is 5.82 Å². The molecule has 0 unspecified atom stereocenters. The fourth-order valence-corrected chi connectivity index (χ4v) is 2.35. The molecular weight excluding hydrogens is 309 g/mol. The first-order valence-corrected chi connectivity index (χ1v) is 7.21. The van der Waals surface area contributed by atoms with Crippen LogP contribution in [0.25, 0.3) is 6.08 Å². The third-order valence-corrected chi connectivity index (χ3v) is 3.47. The Balaban J connectivity index is 2.12. The van der Waals surface area contributed by atoms with Gasteiger partial charge in [-0.25, -0.2) is 4.68 Å². The summed E-state index contributed by atoms with van der Waals surface area (Å²) >= 11 is 12.1. The number of carbonyl (C=O) groups excluding carboxylic acids is 1. The van der Waals surface area contributed by atoms with Crippen LogP contribution in [0, 0.1) is 0 Å². The molecule has 0 radical (unpaired) electrons. The summed E-state index contributed by atoms with van der Waals surface area (Å²) in [6.07, 6.45) is 4.63. The number of rotatable bonds is 4. The van der Waals surface area contributed by atoms with Gasteiger partial charge in [0.15, 0.2) is 0 Å². The minimum atomic E-state index is -0.270. The van der Waals surface area contributed by atoms with Crippen LogP contribution in [-0.4, -0.2) is 15.7 Å². The molecule has 0 saturated heterocycles. The van der Waals surface area contributed by atoms with Gasteiger partial charge in [-0.15, -0.1) is 0 Å². The first-order valence-electron chi connectivity index (χ1n) is 6.45. The third kappa shape index (κ3) is 3.86. The molecule has 0 saturated carbocycles. The summed E-state index contributed by atoms with van der Waals surface area (Å²) in [6.45, 7) is 3.98. The molecule has 1 heterocycles. The molecule has 1 aromatic heterocycles. The predicted octanol–water partition coefficient (Wildman–Crippen LogP) is 4.42. The van der Waals surface area contributed by atoms with Crippen molar-refractivity contribution in [3.63, 3.8) is 0 Å². The van der Waals surface area contributed by atoms with Gasteiger partial charge in [0.1, 0.15) is 5.82 Å². The summed E-state index contributed by atoms with van der Waals surface area (Å²) in [5.41, 5.74) is 0.619. The van der Waals surface area contributed by atoms with E-state index in [4.69, 9.17) is 23.2 Å². The van der Waals surface area contributed by atoms with Crippen LogP contribution in [0.1, 0.15) is 25.5 Å². The van der Waals surface area contributed by atoms with Crippen molar-refractivity contribution < 1.29 is 4.79 Å². The summed E-state index contributed by atoms with van der Waals surface area (Å²) in [6, 6.07) is 7.10. The number of nitrogens with one attached hydrogen (secondary N) is 1. The van der Waals surface area contributed by atoms with Crippen molar-refractivity contribution in [1.82, 2.24) is 9.78 Å². The Morgan fingerprint density at radius 3 is 2.57 bits per heavy atom. The number of halogens is 2. The lowest BCUT2D eigenvalue weighted by molar-refractivity contribution is -0.111. The van der Waals surface area contributed by atoms with Crippen LogP contribution >= 0.6 is 23.2 Å². The van der Waals surface area contributed by atoms with Crippen LogP contribution in [0.15, 0.2) is 36.5 Å². The highest BCUT2D eigenvalue weighted by Crippen LogP contribution is 2.25. The Bertz CT molecular complexity index is 657. The summed E-state index contributed by atoms with van der Waals surface area (Å²) < 4.78 is 1.73. The van der Waals surface area contributed by atoms with Crippen molar-refractivity contribution in [3.8, 4) is 0 Å². The van der Waals surface area contributed by atoms with Crippen LogP contribution in [0.3, 0.4) is 0 Å². The SMILES string of the molecule is CC(C)n1nccc1NC(=O)/C=C/c1c(Cl)cccc1Cl. The van der Waals surface area contributed by atoms with Gasteiger partial charge in [0.05, 0.1) is 6.20 Å². The fourth-order valence-electron chi connectivity index (χ4n) is 1.82. The lowest BCUT2D eigenvalue weighted by Gasteiger charge is -2.10. The van der Waals surface area contributed by atoms with E-state index in [1.807, 2.05) is 13.8 Å². The van der Waals surface area contributed by atoms with Gasteiger partial charge in [0, 0.05) is 33.8 Å². The number of carbonyl (C=O) groups is 1. The number of aromatic nitrogens is 2. The fraction of sp³-hybridized carbons (Fsp3) is 0.200. The van der Waals surface area contributed by atoms with E-state index in [-0.39, 0.29) is 11.9 Å². The lowest BCUT2D eigenvalue weighted by atomic mass is 10.2. The van der Waals surface area contributed by atoms with Gasteiger partial charge >= 0.3 is 0 Å². The number of nitrogens with zero attached hydrogens (tertiary/aromatic N) is 2. The monoisotopic (exact) mass is 323 g/mol. The smallest absolute Gasteiger partial charge is 0.249 e. The van der Waals surface area contributed by atoms with Gasteiger partial charge in [0.25, 0.3) is 0 Å². The lowest BCUT2D eigenvalue weighted by Crippen LogP contribution is -2.14. The quantitative estimate of drug-likeness (QED) is 0.846. The first kappa shape index (κ1) is 15.6. The molecule has 0 bridgehead atoms. The second-order valence-electron chi connectivity index (χ2n) is 4.71. The van der Waals surface area contributed by atoms with Crippen molar-refractivity contribution in [2.24, 2.45) is 0 Å². The maximum atomic E-state index is 12.0. The zero-order chi connectivity index (χ0) is 15.4. The van der Waals surface area contributed by atoms with Crippen LogP contribution in [-0.2, 0) is 4.79 Å². The van der Waals surface area contributed by atoms with E-state index >= 15 is 0 Å². The van der Waals surface area contributed by atoms with Gasteiger partial charge in [-0.1, -0.05) is 29.3 Å².